The lowest BCUT2D eigenvalue weighted by molar-refractivity contribution is 0.0600. The van der Waals surface area contributed by atoms with Crippen molar-refractivity contribution in [2.45, 2.75) is 13.2 Å². The lowest BCUT2D eigenvalue weighted by Crippen LogP contribution is -2.22. The average molecular weight is 376 g/mol. The third-order valence-corrected chi connectivity index (χ3v) is 4.06. The van der Waals surface area contributed by atoms with Crippen LogP contribution in [0.1, 0.15) is 32.0 Å². The van der Waals surface area contributed by atoms with E-state index in [4.69, 9.17) is 4.74 Å². The van der Waals surface area contributed by atoms with Gasteiger partial charge >= 0.3 is 5.97 Å². The maximum absolute atomic E-state index is 12.2. The second-order valence-corrected chi connectivity index (χ2v) is 6.01. The van der Waals surface area contributed by atoms with E-state index in [-0.39, 0.29) is 5.91 Å². The molecule has 0 bridgehead atoms. The van der Waals surface area contributed by atoms with Gasteiger partial charge < -0.3 is 14.8 Å². The van der Waals surface area contributed by atoms with Gasteiger partial charge in [-0.2, -0.15) is 0 Å². The van der Waals surface area contributed by atoms with E-state index in [1.54, 1.807) is 30.5 Å². The first-order valence-corrected chi connectivity index (χ1v) is 8.74. The molecule has 0 aliphatic rings. The molecule has 3 rings (SSSR count). The van der Waals surface area contributed by atoms with Crippen LogP contribution in [-0.2, 0) is 17.9 Å². The molecule has 0 aliphatic heterocycles. The van der Waals surface area contributed by atoms with Gasteiger partial charge in [0, 0.05) is 18.3 Å². The summed E-state index contributed by atoms with van der Waals surface area (Å²) in [5.41, 5.74) is 2.69. The molecule has 0 saturated carbocycles. The Labute approximate surface area is 163 Å². The molecule has 1 aromatic heterocycles. The van der Waals surface area contributed by atoms with Crippen LogP contribution in [0.3, 0.4) is 0 Å². The van der Waals surface area contributed by atoms with E-state index in [1.165, 1.54) is 7.11 Å². The molecule has 0 saturated heterocycles. The molecule has 0 radical (unpaired) electrons. The molecule has 0 spiro atoms. The van der Waals surface area contributed by atoms with Crippen molar-refractivity contribution in [2.24, 2.45) is 0 Å². The molecule has 142 valence electrons. The monoisotopic (exact) mass is 376 g/mol. The molecule has 0 aliphatic carbocycles. The molecule has 0 fully saturated rings. The van der Waals surface area contributed by atoms with Crippen molar-refractivity contribution >= 4 is 11.9 Å². The highest BCUT2D eigenvalue weighted by molar-refractivity contribution is 5.96. The summed E-state index contributed by atoms with van der Waals surface area (Å²) in [6, 6.07) is 19.5. The highest BCUT2D eigenvalue weighted by Gasteiger charge is 2.09. The van der Waals surface area contributed by atoms with Crippen LogP contribution < -0.4 is 10.1 Å². The zero-order valence-electron chi connectivity index (χ0n) is 15.4. The zero-order valence-corrected chi connectivity index (χ0v) is 15.4. The lowest BCUT2D eigenvalue weighted by atomic mass is 10.1. The third-order valence-electron chi connectivity index (χ3n) is 4.06. The first-order valence-electron chi connectivity index (χ1n) is 8.74. The molecular formula is C22H20N2O4. The Morgan fingerprint density at radius 2 is 1.64 bits per heavy atom. The number of carbonyl (C=O) groups is 2. The smallest absolute Gasteiger partial charge is 0.337 e. The van der Waals surface area contributed by atoms with Gasteiger partial charge in [-0.05, 0) is 54.1 Å². The van der Waals surface area contributed by atoms with Crippen molar-refractivity contribution in [3.8, 4) is 5.75 Å². The number of hydrogen-bond acceptors (Lipinski definition) is 5. The van der Waals surface area contributed by atoms with Crippen LogP contribution in [0.4, 0.5) is 0 Å². The van der Waals surface area contributed by atoms with Crippen LogP contribution in [0.5, 0.6) is 5.75 Å². The van der Waals surface area contributed by atoms with Crippen LogP contribution in [0.15, 0.2) is 72.9 Å². The highest BCUT2D eigenvalue weighted by Crippen LogP contribution is 2.14. The van der Waals surface area contributed by atoms with E-state index in [0.717, 1.165) is 17.0 Å². The van der Waals surface area contributed by atoms with Crippen LogP contribution in [-0.4, -0.2) is 24.0 Å². The fraction of sp³-hybridized carbons (Fsp3) is 0.136. The number of ether oxygens (including phenoxy) is 2. The Balaban J connectivity index is 1.50. The van der Waals surface area contributed by atoms with Gasteiger partial charge in [-0.3, -0.25) is 9.78 Å². The van der Waals surface area contributed by atoms with Gasteiger partial charge in [0.15, 0.2) is 0 Å². The topological polar surface area (TPSA) is 77.5 Å². The fourth-order valence-electron chi connectivity index (χ4n) is 2.50. The van der Waals surface area contributed by atoms with E-state index < -0.39 is 5.97 Å². The number of carbonyl (C=O) groups excluding carboxylic acids is 2. The summed E-state index contributed by atoms with van der Waals surface area (Å²) in [7, 11) is 1.32. The summed E-state index contributed by atoms with van der Waals surface area (Å²) in [5.74, 6) is 0.0864. The number of nitrogens with zero attached hydrogens (tertiary/aromatic N) is 1. The molecule has 6 heteroatoms. The number of esters is 1. The maximum Gasteiger partial charge on any atom is 0.337 e. The Kier molecular flexibility index (Phi) is 6.36. The Hall–Kier alpha value is -3.67. The molecule has 0 unspecified atom stereocenters. The van der Waals surface area contributed by atoms with Gasteiger partial charge in [-0.15, -0.1) is 0 Å². The maximum atomic E-state index is 12.2. The summed E-state index contributed by atoms with van der Waals surface area (Å²) in [4.78, 5) is 27.9. The molecule has 3 aromatic rings. The second-order valence-electron chi connectivity index (χ2n) is 6.01. The minimum atomic E-state index is -0.433. The van der Waals surface area contributed by atoms with Crippen LogP contribution in [0.25, 0.3) is 0 Å². The molecule has 6 nitrogen and oxygen atoms in total. The SMILES string of the molecule is COC(=O)c1ccc(C(=O)NCc2ccc(OCc3ccccn3)cc2)cc1. The van der Waals surface area contributed by atoms with Crippen molar-refractivity contribution in [3.63, 3.8) is 0 Å². The summed E-state index contributed by atoms with van der Waals surface area (Å²) in [6.45, 7) is 0.788. The lowest BCUT2D eigenvalue weighted by Gasteiger charge is -2.08. The Morgan fingerprint density at radius 1 is 0.929 bits per heavy atom. The first kappa shape index (κ1) is 19.1. The zero-order chi connectivity index (χ0) is 19.8. The second kappa shape index (κ2) is 9.32. The summed E-state index contributed by atoms with van der Waals surface area (Å²) in [5, 5.41) is 2.85. The van der Waals surface area contributed by atoms with E-state index >= 15 is 0 Å². The molecule has 1 N–H and O–H groups in total. The Morgan fingerprint density at radius 3 is 2.29 bits per heavy atom. The van der Waals surface area contributed by atoms with Crippen molar-refractivity contribution in [1.82, 2.24) is 10.3 Å². The standard InChI is InChI=1S/C22H20N2O4/c1-27-22(26)18-9-7-17(8-10-18)21(25)24-14-16-5-11-20(12-6-16)28-15-19-4-2-3-13-23-19/h2-13H,14-15H2,1H3,(H,24,25). The molecule has 2 aromatic carbocycles. The predicted molar refractivity (Wildman–Crippen MR) is 104 cm³/mol. The van der Waals surface area contributed by atoms with Gasteiger partial charge in [-0.1, -0.05) is 18.2 Å². The molecule has 0 atom stereocenters. The van der Waals surface area contributed by atoms with Gasteiger partial charge in [0.1, 0.15) is 12.4 Å². The van der Waals surface area contributed by atoms with Gasteiger partial charge in [-0.25, -0.2) is 4.79 Å². The van der Waals surface area contributed by atoms with Crippen molar-refractivity contribution in [2.75, 3.05) is 7.11 Å². The van der Waals surface area contributed by atoms with Crippen LogP contribution in [0.2, 0.25) is 0 Å². The van der Waals surface area contributed by atoms with Crippen molar-refractivity contribution < 1.29 is 19.1 Å². The Bertz CT molecular complexity index is 923. The number of aromatic nitrogens is 1. The van der Waals surface area contributed by atoms with E-state index in [9.17, 15) is 9.59 Å². The molecule has 1 heterocycles. The van der Waals surface area contributed by atoms with Gasteiger partial charge in [0.05, 0.1) is 18.4 Å². The number of rotatable bonds is 7. The first-order chi connectivity index (χ1) is 13.7. The molecule has 28 heavy (non-hydrogen) atoms. The fourth-order valence-corrected chi connectivity index (χ4v) is 2.50. The average Bonchev–Trinajstić information content (AvgIpc) is 2.77. The number of pyridine rings is 1. The quantitative estimate of drug-likeness (QED) is 0.640. The third kappa shape index (κ3) is 5.17. The molecule has 1 amide bonds. The largest absolute Gasteiger partial charge is 0.487 e. The number of amides is 1. The predicted octanol–water partition coefficient (Wildman–Crippen LogP) is 3.38. The number of methoxy groups -OCH3 is 1. The van der Waals surface area contributed by atoms with E-state index in [0.29, 0.717) is 24.3 Å². The summed E-state index contributed by atoms with van der Waals surface area (Å²) >= 11 is 0. The normalized spacial score (nSPS) is 10.2. The van der Waals surface area contributed by atoms with E-state index in [1.807, 2.05) is 42.5 Å². The summed E-state index contributed by atoms with van der Waals surface area (Å²) < 4.78 is 10.3. The summed E-state index contributed by atoms with van der Waals surface area (Å²) in [6.07, 6.45) is 1.73. The highest BCUT2D eigenvalue weighted by atomic mass is 16.5. The van der Waals surface area contributed by atoms with Crippen molar-refractivity contribution in [3.05, 3.63) is 95.3 Å². The van der Waals surface area contributed by atoms with Crippen molar-refractivity contribution in [1.29, 1.82) is 0 Å². The van der Waals surface area contributed by atoms with Gasteiger partial charge in [0.2, 0.25) is 0 Å². The molecular weight excluding hydrogens is 356 g/mol. The minimum Gasteiger partial charge on any atom is -0.487 e. The van der Waals surface area contributed by atoms with Gasteiger partial charge in [0.25, 0.3) is 5.91 Å². The number of hydrogen-bond donors (Lipinski definition) is 1. The van der Waals surface area contributed by atoms with Crippen LogP contribution >= 0.6 is 0 Å². The van der Waals surface area contributed by atoms with Crippen LogP contribution in [0, 0.1) is 0 Å². The number of benzene rings is 2. The van der Waals surface area contributed by atoms with E-state index in [2.05, 4.69) is 15.0 Å². The number of nitrogens with one attached hydrogen (secondary N) is 1. The minimum absolute atomic E-state index is 0.216.